The number of aromatic nitrogens is 1. The SMILES string of the molecule is COCCN1C(=O)c2ccccc2C(C(=O)Nc2ccc(C(F)(F)F)cc2)C1c1c[nH]c2ccccc12. The fourth-order valence-electron chi connectivity index (χ4n) is 4.96. The second-order valence-electron chi connectivity index (χ2n) is 8.86. The summed E-state index contributed by atoms with van der Waals surface area (Å²) in [5.41, 5.74) is 2.01. The molecule has 2 N–H and O–H groups in total. The van der Waals surface area contributed by atoms with Crippen molar-refractivity contribution in [1.29, 1.82) is 0 Å². The molecule has 5 rings (SSSR count). The molecule has 0 saturated carbocycles. The average molecular weight is 508 g/mol. The van der Waals surface area contributed by atoms with Gasteiger partial charge in [0.2, 0.25) is 5.91 Å². The van der Waals surface area contributed by atoms with Gasteiger partial charge >= 0.3 is 6.18 Å². The molecule has 4 aromatic rings. The van der Waals surface area contributed by atoms with E-state index in [0.29, 0.717) is 11.1 Å². The van der Waals surface area contributed by atoms with Crippen LogP contribution < -0.4 is 5.32 Å². The maximum Gasteiger partial charge on any atom is 0.416 e. The third-order valence-electron chi connectivity index (χ3n) is 6.68. The summed E-state index contributed by atoms with van der Waals surface area (Å²) < 4.78 is 44.3. The van der Waals surface area contributed by atoms with Crippen LogP contribution in [0.15, 0.2) is 79.0 Å². The molecule has 2 atom stereocenters. The van der Waals surface area contributed by atoms with Gasteiger partial charge in [0, 0.05) is 47.6 Å². The van der Waals surface area contributed by atoms with Crippen LogP contribution >= 0.6 is 0 Å². The largest absolute Gasteiger partial charge is 0.416 e. The number of methoxy groups -OCH3 is 1. The minimum absolute atomic E-state index is 0.221. The number of hydrogen-bond acceptors (Lipinski definition) is 3. The molecule has 37 heavy (non-hydrogen) atoms. The van der Waals surface area contributed by atoms with Gasteiger partial charge in [-0.05, 0) is 42.0 Å². The number of H-pyrrole nitrogens is 1. The Hall–Kier alpha value is -4.11. The van der Waals surface area contributed by atoms with Gasteiger partial charge in [-0.15, -0.1) is 0 Å². The van der Waals surface area contributed by atoms with E-state index in [1.807, 2.05) is 24.3 Å². The molecule has 1 aromatic heterocycles. The summed E-state index contributed by atoms with van der Waals surface area (Å²) in [5, 5.41) is 3.65. The van der Waals surface area contributed by atoms with Crippen molar-refractivity contribution >= 4 is 28.4 Å². The van der Waals surface area contributed by atoms with Crippen molar-refractivity contribution in [3.8, 4) is 0 Å². The molecule has 3 aromatic carbocycles. The second-order valence-corrected chi connectivity index (χ2v) is 8.86. The predicted octanol–water partition coefficient (Wildman–Crippen LogP) is 5.75. The van der Waals surface area contributed by atoms with Gasteiger partial charge in [-0.3, -0.25) is 9.59 Å². The molecule has 2 unspecified atom stereocenters. The molecule has 6 nitrogen and oxygen atoms in total. The first-order valence-corrected chi connectivity index (χ1v) is 11.7. The number of ether oxygens (including phenoxy) is 1. The van der Waals surface area contributed by atoms with Gasteiger partial charge in [0.1, 0.15) is 0 Å². The molecule has 9 heteroatoms. The number of carbonyl (C=O) groups is 2. The fraction of sp³-hybridized carbons (Fsp3) is 0.214. The van der Waals surface area contributed by atoms with Crippen LogP contribution in [-0.4, -0.2) is 42.0 Å². The Morgan fingerprint density at radius 1 is 1.00 bits per heavy atom. The lowest BCUT2D eigenvalue weighted by Gasteiger charge is -2.41. The standard InChI is InChI=1S/C28H24F3N3O3/c1-37-15-14-34-25(22-16-32-23-9-5-4-6-19(22)23)24(20-7-2-3-8-21(20)27(34)36)26(35)33-18-12-10-17(11-13-18)28(29,30)31/h2-13,16,24-25,32H,14-15H2,1H3,(H,33,35). The summed E-state index contributed by atoms with van der Waals surface area (Å²) in [7, 11) is 1.54. The zero-order chi connectivity index (χ0) is 26.2. The summed E-state index contributed by atoms with van der Waals surface area (Å²) in [4.78, 5) is 32.4. The summed E-state index contributed by atoms with van der Waals surface area (Å²) in [6, 6.07) is 18.2. The van der Waals surface area contributed by atoms with E-state index in [4.69, 9.17) is 4.74 Å². The highest BCUT2D eigenvalue weighted by Crippen LogP contribution is 2.45. The highest BCUT2D eigenvalue weighted by Gasteiger charge is 2.45. The number of rotatable bonds is 6. The van der Waals surface area contributed by atoms with Gasteiger partial charge in [-0.1, -0.05) is 36.4 Å². The number of alkyl halides is 3. The molecule has 0 aliphatic carbocycles. The Morgan fingerprint density at radius 3 is 2.43 bits per heavy atom. The Kier molecular flexibility index (Phi) is 6.47. The summed E-state index contributed by atoms with van der Waals surface area (Å²) in [6.07, 6.45) is -2.68. The van der Waals surface area contributed by atoms with Crippen molar-refractivity contribution in [3.05, 3.63) is 101 Å². The van der Waals surface area contributed by atoms with Crippen molar-refractivity contribution in [1.82, 2.24) is 9.88 Å². The van der Waals surface area contributed by atoms with Gasteiger partial charge in [0.05, 0.1) is 24.1 Å². The van der Waals surface area contributed by atoms with Gasteiger partial charge in [0.25, 0.3) is 5.91 Å². The second kappa shape index (κ2) is 9.74. The summed E-state index contributed by atoms with van der Waals surface area (Å²) in [5.74, 6) is -1.48. The van der Waals surface area contributed by atoms with E-state index in [9.17, 15) is 22.8 Å². The number of amides is 2. The Bertz CT molecular complexity index is 1450. The molecule has 0 bridgehead atoms. The van der Waals surface area contributed by atoms with Crippen molar-refractivity contribution in [3.63, 3.8) is 0 Å². The lowest BCUT2D eigenvalue weighted by atomic mass is 9.79. The van der Waals surface area contributed by atoms with Gasteiger partial charge in [-0.25, -0.2) is 0 Å². The molecule has 0 saturated heterocycles. The third-order valence-corrected chi connectivity index (χ3v) is 6.68. The number of carbonyl (C=O) groups excluding carboxylic acids is 2. The van der Waals surface area contributed by atoms with Gasteiger partial charge in [-0.2, -0.15) is 13.2 Å². The normalized spacial score (nSPS) is 17.6. The molecule has 2 heterocycles. The zero-order valence-corrected chi connectivity index (χ0v) is 19.9. The number of halogens is 3. The van der Waals surface area contributed by atoms with E-state index < -0.39 is 29.6 Å². The number of anilines is 1. The van der Waals surface area contributed by atoms with E-state index >= 15 is 0 Å². The van der Waals surface area contributed by atoms with Crippen LogP contribution in [-0.2, 0) is 15.7 Å². The molecule has 2 amide bonds. The van der Waals surface area contributed by atoms with Crippen molar-refractivity contribution in [2.75, 3.05) is 25.6 Å². The third kappa shape index (κ3) is 4.58. The van der Waals surface area contributed by atoms with E-state index in [1.54, 1.807) is 35.4 Å². The van der Waals surface area contributed by atoms with E-state index in [1.165, 1.54) is 19.2 Å². The Balaban J connectivity index is 1.61. The number of hydrogen-bond donors (Lipinski definition) is 2. The van der Waals surface area contributed by atoms with Crippen LogP contribution in [0.5, 0.6) is 0 Å². The average Bonchev–Trinajstić information content (AvgIpc) is 3.31. The maximum absolute atomic E-state index is 13.9. The quantitative estimate of drug-likeness (QED) is 0.349. The molecule has 1 aliphatic rings. The first kappa shape index (κ1) is 24.6. The number of para-hydroxylation sites is 1. The number of benzene rings is 3. The molecule has 190 valence electrons. The highest BCUT2D eigenvalue weighted by molar-refractivity contribution is 6.05. The molecule has 0 fully saturated rings. The van der Waals surface area contributed by atoms with Gasteiger partial charge < -0.3 is 19.9 Å². The zero-order valence-electron chi connectivity index (χ0n) is 19.9. The number of aromatic amines is 1. The molecule has 0 radical (unpaired) electrons. The lowest BCUT2D eigenvalue weighted by Crippen LogP contribution is -2.47. The summed E-state index contributed by atoms with van der Waals surface area (Å²) >= 11 is 0. The molecular formula is C28H24F3N3O3. The number of nitrogens with one attached hydrogen (secondary N) is 2. The molecular weight excluding hydrogens is 483 g/mol. The Labute approximate surface area is 211 Å². The number of fused-ring (bicyclic) bond motifs is 2. The van der Waals surface area contributed by atoms with Crippen LogP contribution in [0.3, 0.4) is 0 Å². The van der Waals surface area contributed by atoms with Crippen molar-refractivity contribution in [2.24, 2.45) is 0 Å². The van der Waals surface area contributed by atoms with E-state index in [0.717, 1.165) is 28.6 Å². The Morgan fingerprint density at radius 2 is 1.70 bits per heavy atom. The molecule has 0 spiro atoms. The predicted molar refractivity (Wildman–Crippen MR) is 133 cm³/mol. The van der Waals surface area contributed by atoms with Crippen LogP contribution in [0.25, 0.3) is 10.9 Å². The topological polar surface area (TPSA) is 74.4 Å². The van der Waals surface area contributed by atoms with Crippen LogP contribution in [0.4, 0.5) is 18.9 Å². The minimum atomic E-state index is -4.48. The van der Waals surface area contributed by atoms with Crippen LogP contribution in [0.1, 0.15) is 39.0 Å². The number of nitrogens with zero attached hydrogens (tertiary/aromatic N) is 1. The lowest BCUT2D eigenvalue weighted by molar-refractivity contribution is -0.137. The van der Waals surface area contributed by atoms with Crippen LogP contribution in [0, 0.1) is 0 Å². The van der Waals surface area contributed by atoms with Gasteiger partial charge in [0.15, 0.2) is 0 Å². The summed E-state index contributed by atoms with van der Waals surface area (Å²) in [6.45, 7) is 0.512. The smallest absolute Gasteiger partial charge is 0.383 e. The minimum Gasteiger partial charge on any atom is -0.383 e. The van der Waals surface area contributed by atoms with Crippen LogP contribution in [0.2, 0.25) is 0 Å². The fourth-order valence-corrected chi connectivity index (χ4v) is 4.96. The highest BCUT2D eigenvalue weighted by atomic mass is 19.4. The monoisotopic (exact) mass is 507 g/mol. The first-order valence-electron chi connectivity index (χ1n) is 11.7. The maximum atomic E-state index is 13.9. The van der Waals surface area contributed by atoms with Crippen molar-refractivity contribution < 1.29 is 27.5 Å². The first-order chi connectivity index (χ1) is 17.8. The van der Waals surface area contributed by atoms with E-state index in [-0.39, 0.29) is 24.7 Å². The van der Waals surface area contributed by atoms with E-state index in [2.05, 4.69) is 10.3 Å². The van der Waals surface area contributed by atoms with Crippen molar-refractivity contribution in [2.45, 2.75) is 18.1 Å². The molecule has 1 aliphatic heterocycles.